The van der Waals surface area contributed by atoms with Crippen LogP contribution in [0.4, 0.5) is 18.7 Å². The fourth-order valence-corrected chi connectivity index (χ4v) is 4.82. The van der Waals surface area contributed by atoms with E-state index in [0.29, 0.717) is 6.42 Å². The minimum absolute atomic E-state index is 0.00144. The van der Waals surface area contributed by atoms with E-state index in [2.05, 4.69) is 15.6 Å². The zero-order valence-electron chi connectivity index (χ0n) is 16.2. The van der Waals surface area contributed by atoms with Crippen molar-refractivity contribution in [1.29, 1.82) is 0 Å². The molecule has 30 heavy (non-hydrogen) atoms. The molecule has 2 fully saturated rings. The summed E-state index contributed by atoms with van der Waals surface area (Å²) in [6, 6.07) is 2.45. The quantitative estimate of drug-likeness (QED) is 0.721. The summed E-state index contributed by atoms with van der Waals surface area (Å²) in [5.74, 6) is -2.21. The predicted molar refractivity (Wildman–Crippen MR) is 107 cm³/mol. The maximum Gasteiger partial charge on any atom is 0.325 e. The topological polar surface area (TPSA) is 91.4 Å². The molecular formula is C20H20F2N4O3S. The summed E-state index contributed by atoms with van der Waals surface area (Å²) in [4.78, 5) is 42.8. The van der Waals surface area contributed by atoms with E-state index in [0.717, 1.165) is 53.7 Å². The second-order valence-corrected chi connectivity index (χ2v) is 8.51. The van der Waals surface area contributed by atoms with E-state index in [1.807, 2.05) is 6.92 Å². The van der Waals surface area contributed by atoms with Crippen LogP contribution in [0.15, 0.2) is 23.6 Å². The number of imide groups is 1. The van der Waals surface area contributed by atoms with E-state index < -0.39 is 35.7 Å². The van der Waals surface area contributed by atoms with Crippen LogP contribution in [0.1, 0.15) is 32.6 Å². The molecule has 0 bridgehead atoms. The van der Waals surface area contributed by atoms with Crippen molar-refractivity contribution in [2.24, 2.45) is 5.92 Å². The number of halogens is 2. The fraction of sp³-hybridized carbons (Fsp3) is 0.400. The summed E-state index contributed by atoms with van der Waals surface area (Å²) in [5, 5.41) is 6.95. The number of nitrogens with one attached hydrogen (secondary N) is 2. The lowest BCUT2D eigenvalue weighted by Gasteiger charge is -2.36. The SMILES string of the molecule is CC1CCCCC12NC(=O)N(CC(=O)Nc1nc(-c3cc(F)ccc3F)cs1)C2=O. The number of carbonyl (C=O) groups is 3. The molecule has 10 heteroatoms. The van der Waals surface area contributed by atoms with Gasteiger partial charge in [-0.25, -0.2) is 18.6 Å². The van der Waals surface area contributed by atoms with Crippen LogP contribution in [0.2, 0.25) is 0 Å². The maximum atomic E-state index is 13.9. The monoisotopic (exact) mass is 434 g/mol. The van der Waals surface area contributed by atoms with Crippen LogP contribution in [0.5, 0.6) is 0 Å². The maximum absolute atomic E-state index is 13.9. The summed E-state index contributed by atoms with van der Waals surface area (Å²) in [6.45, 7) is 1.49. The molecule has 1 saturated heterocycles. The number of urea groups is 1. The van der Waals surface area contributed by atoms with Gasteiger partial charge in [-0.05, 0) is 37.0 Å². The third-order valence-corrected chi connectivity index (χ3v) is 6.52. The molecule has 1 aromatic heterocycles. The lowest BCUT2D eigenvalue weighted by Crippen LogP contribution is -2.54. The summed E-state index contributed by atoms with van der Waals surface area (Å²) in [7, 11) is 0. The number of nitrogens with zero attached hydrogens (tertiary/aromatic N) is 2. The molecule has 158 valence electrons. The Bertz CT molecular complexity index is 1030. The number of thiazole rings is 1. The average molecular weight is 434 g/mol. The molecule has 2 aromatic rings. The Morgan fingerprint density at radius 1 is 1.37 bits per heavy atom. The van der Waals surface area contributed by atoms with Crippen molar-refractivity contribution in [3.05, 3.63) is 35.2 Å². The van der Waals surface area contributed by atoms with Gasteiger partial charge in [-0.1, -0.05) is 19.8 Å². The number of aromatic nitrogens is 1. The number of hydrogen-bond acceptors (Lipinski definition) is 5. The normalized spacial score (nSPS) is 23.7. The number of amides is 4. The van der Waals surface area contributed by atoms with Gasteiger partial charge in [0.25, 0.3) is 5.91 Å². The molecule has 2 atom stereocenters. The molecule has 4 amide bonds. The molecule has 1 aliphatic heterocycles. The van der Waals surface area contributed by atoms with Gasteiger partial charge in [0.05, 0.1) is 5.69 Å². The molecule has 2 aliphatic rings. The summed E-state index contributed by atoms with van der Waals surface area (Å²) in [6.07, 6.45) is 3.25. The molecule has 4 rings (SSSR count). The summed E-state index contributed by atoms with van der Waals surface area (Å²) in [5.41, 5.74) is -0.773. The third kappa shape index (κ3) is 3.55. The average Bonchev–Trinajstić information content (AvgIpc) is 3.25. The highest BCUT2D eigenvalue weighted by molar-refractivity contribution is 7.14. The first-order valence-electron chi connectivity index (χ1n) is 9.65. The van der Waals surface area contributed by atoms with Crippen LogP contribution in [-0.4, -0.2) is 39.8 Å². The number of anilines is 1. The Labute approximate surface area is 175 Å². The Morgan fingerprint density at radius 3 is 2.93 bits per heavy atom. The molecule has 0 radical (unpaired) electrons. The van der Waals surface area contributed by atoms with Crippen molar-refractivity contribution in [2.45, 2.75) is 38.1 Å². The second kappa shape index (κ2) is 7.75. The van der Waals surface area contributed by atoms with E-state index in [1.54, 1.807) is 0 Å². The van der Waals surface area contributed by atoms with Crippen molar-refractivity contribution >= 4 is 34.3 Å². The fourth-order valence-electron chi connectivity index (χ4n) is 4.09. The van der Waals surface area contributed by atoms with Crippen LogP contribution in [0, 0.1) is 17.6 Å². The number of carbonyl (C=O) groups excluding carboxylic acids is 3. The van der Waals surface area contributed by atoms with E-state index in [1.165, 1.54) is 5.38 Å². The van der Waals surface area contributed by atoms with Crippen LogP contribution >= 0.6 is 11.3 Å². The predicted octanol–water partition coefficient (Wildman–Crippen LogP) is 3.53. The smallest absolute Gasteiger partial charge is 0.323 e. The van der Waals surface area contributed by atoms with Gasteiger partial charge in [-0.15, -0.1) is 11.3 Å². The second-order valence-electron chi connectivity index (χ2n) is 7.65. The van der Waals surface area contributed by atoms with Crippen molar-refractivity contribution in [3.8, 4) is 11.3 Å². The highest BCUT2D eigenvalue weighted by atomic mass is 32.1. The van der Waals surface area contributed by atoms with Gasteiger partial charge < -0.3 is 10.6 Å². The van der Waals surface area contributed by atoms with Gasteiger partial charge in [0, 0.05) is 10.9 Å². The van der Waals surface area contributed by atoms with Crippen molar-refractivity contribution in [3.63, 3.8) is 0 Å². The van der Waals surface area contributed by atoms with Crippen molar-refractivity contribution in [2.75, 3.05) is 11.9 Å². The van der Waals surface area contributed by atoms with Gasteiger partial charge in [-0.3, -0.25) is 14.5 Å². The molecule has 2 heterocycles. The molecule has 7 nitrogen and oxygen atoms in total. The number of rotatable bonds is 4. The zero-order chi connectivity index (χ0) is 21.5. The molecule has 2 unspecified atom stereocenters. The lowest BCUT2D eigenvalue weighted by molar-refractivity contribution is -0.136. The van der Waals surface area contributed by atoms with Gasteiger partial charge in [0.1, 0.15) is 23.7 Å². The minimum Gasteiger partial charge on any atom is -0.323 e. The first-order chi connectivity index (χ1) is 14.3. The minimum atomic E-state index is -0.932. The Hall–Kier alpha value is -2.88. The Kier molecular flexibility index (Phi) is 5.27. The van der Waals surface area contributed by atoms with Crippen LogP contribution in [0.3, 0.4) is 0 Å². The van der Waals surface area contributed by atoms with Crippen LogP contribution in [-0.2, 0) is 9.59 Å². The highest BCUT2D eigenvalue weighted by Crippen LogP contribution is 2.38. The molecular weight excluding hydrogens is 414 g/mol. The molecule has 1 aliphatic carbocycles. The molecule has 1 spiro atoms. The van der Waals surface area contributed by atoms with E-state index >= 15 is 0 Å². The zero-order valence-corrected chi connectivity index (χ0v) is 17.0. The first kappa shape index (κ1) is 20.4. The summed E-state index contributed by atoms with van der Waals surface area (Å²) < 4.78 is 27.3. The largest absolute Gasteiger partial charge is 0.325 e. The lowest BCUT2D eigenvalue weighted by atomic mass is 9.73. The van der Waals surface area contributed by atoms with E-state index in [9.17, 15) is 23.2 Å². The van der Waals surface area contributed by atoms with E-state index in [-0.39, 0.29) is 28.2 Å². The Morgan fingerprint density at radius 2 is 2.17 bits per heavy atom. The Balaban J connectivity index is 1.44. The first-order valence-corrected chi connectivity index (χ1v) is 10.5. The van der Waals surface area contributed by atoms with Crippen molar-refractivity contribution < 1.29 is 23.2 Å². The van der Waals surface area contributed by atoms with Crippen LogP contribution < -0.4 is 10.6 Å². The van der Waals surface area contributed by atoms with Gasteiger partial charge in [0.15, 0.2) is 5.13 Å². The third-order valence-electron chi connectivity index (χ3n) is 5.76. The molecule has 1 saturated carbocycles. The van der Waals surface area contributed by atoms with Crippen LogP contribution in [0.25, 0.3) is 11.3 Å². The standard InChI is InChI=1S/C20H20F2N4O3S/c1-11-4-2-3-7-20(11)17(28)26(19(29)25-20)9-16(27)24-18-23-15(10-30-18)13-8-12(21)5-6-14(13)22/h5-6,8,10-11H,2-4,7,9H2,1H3,(H,25,29)(H,23,24,27). The number of hydrogen-bond donors (Lipinski definition) is 2. The molecule has 1 aromatic carbocycles. The molecule has 2 N–H and O–H groups in total. The number of benzene rings is 1. The highest BCUT2D eigenvalue weighted by Gasteiger charge is 2.55. The van der Waals surface area contributed by atoms with Gasteiger partial charge in [-0.2, -0.15) is 0 Å². The van der Waals surface area contributed by atoms with Gasteiger partial charge >= 0.3 is 6.03 Å². The van der Waals surface area contributed by atoms with Gasteiger partial charge in [0.2, 0.25) is 5.91 Å². The summed E-state index contributed by atoms with van der Waals surface area (Å²) >= 11 is 1.03. The van der Waals surface area contributed by atoms with Crippen molar-refractivity contribution in [1.82, 2.24) is 15.2 Å². The van der Waals surface area contributed by atoms with E-state index in [4.69, 9.17) is 0 Å².